The van der Waals surface area contributed by atoms with Crippen molar-refractivity contribution >= 4 is 108 Å². The van der Waals surface area contributed by atoms with Crippen LogP contribution in [-0.2, 0) is 53.8 Å². The molecule has 0 aromatic heterocycles. The molecular weight excluding hydrogens is 1160 g/mol. The summed E-state index contributed by atoms with van der Waals surface area (Å²) in [6.45, 7) is 37.3. The minimum atomic E-state index is -4.59. The molecule has 7 atom stereocenters. The third-order valence-corrected chi connectivity index (χ3v) is 59.5. The molecule has 4 aromatic carbocycles. The number of hydrogen-bond acceptors (Lipinski definition) is 13. The van der Waals surface area contributed by atoms with Gasteiger partial charge < -0.3 is 53.8 Å². The van der Waals surface area contributed by atoms with Crippen LogP contribution < -0.4 is 20.7 Å². The van der Waals surface area contributed by atoms with Gasteiger partial charge in [0.1, 0.15) is 0 Å². The highest BCUT2D eigenvalue weighted by molar-refractivity contribution is 7.09. The quantitative estimate of drug-likeness (QED) is 0.0586. The number of rotatable bonds is 25. The maximum Gasteiger partial charge on any atom is 0.486 e. The van der Waals surface area contributed by atoms with Gasteiger partial charge in [-0.15, -0.1) is 0 Å². The topological polar surface area (TPSA) is 120 Å². The van der Waals surface area contributed by atoms with E-state index in [1.54, 1.807) is 7.11 Å². The van der Waals surface area contributed by atoms with Gasteiger partial charge in [0.25, 0.3) is 0 Å². The van der Waals surface area contributed by atoms with E-state index in [-0.39, 0.29) is 41.4 Å². The Morgan fingerprint density at radius 2 is 0.633 bits per heavy atom. The molecule has 0 radical (unpaired) electrons. The zero-order valence-electron chi connectivity index (χ0n) is 50.9. The Morgan fingerprint density at radius 1 is 0.367 bits per heavy atom. The molecule has 3 heterocycles. The second-order valence-electron chi connectivity index (χ2n) is 25.6. The minimum Gasteiger partial charge on any atom is -0.422 e. The molecule has 3 fully saturated rings. The van der Waals surface area contributed by atoms with Crippen LogP contribution in [0.15, 0.2) is 121 Å². The van der Waals surface area contributed by atoms with Gasteiger partial charge in [-0.05, 0) is 81.8 Å². The second kappa shape index (κ2) is 26.4. The van der Waals surface area contributed by atoms with Crippen molar-refractivity contribution in [2.24, 2.45) is 41.4 Å². The summed E-state index contributed by atoms with van der Waals surface area (Å²) in [5.41, 5.74) is 0. The normalized spacial score (nSPS) is 29.0. The van der Waals surface area contributed by atoms with Crippen LogP contribution in [0.25, 0.3) is 0 Å². The van der Waals surface area contributed by atoms with Crippen LogP contribution in [0.5, 0.6) is 0 Å². The third kappa shape index (κ3) is 15.9. The summed E-state index contributed by atoms with van der Waals surface area (Å²) in [5.74, 6) is 0.147. The van der Waals surface area contributed by atoms with Crippen molar-refractivity contribution in [3.63, 3.8) is 0 Å². The Morgan fingerprint density at radius 3 is 0.937 bits per heavy atom. The van der Waals surface area contributed by atoms with Gasteiger partial charge >= 0.3 is 70.2 Å². The standard InChI is InChI=1S/C56H96O13Si10/c1-46(2)39-72(57-15)60-74(41-48(5)6)62-73(40-47(3)4,58-70(16)17)63-76(43-50(9)10)66-77(64-74,44-51(11)12)65-75(61-72,42-49(7)8)67-78(68-76,45-52(13)14)69-79(55-35-27-21-28-36-55,56-37-29-22-30-38-56)59-71(18,53-31-23-19-24-32-53)54-33-25-20-26-34-54/h19-38,46-52,70H,39-45H2,1-18H3/t72-,73?,74?,75-,76?,77?,78?/m1/s1. The Kier molecular flexibility index (Phi) is 21.8. The van der Waals surface area contributed by atoms with Crippen LogP contribution in [0, 0.1) is 41.4 Å². The van der Waals surface area contributed by atoms with E-state index >= 15 is 0 Å². The van der Waals surface area contributed by atoms with E-state index in [0.717, 1.165) is 20.7 Å². The molecule has 13 nitrogen and oxygen atoms in total. The van der Waals surface area contributed by atoms with E-state index in [0.29, 0.717) is 42.3 Å². The first-order valence-corrected chi connectivity index (χ1v) is 49.8. The van der Waals surface area contributed by atoms with Gasteiger partial charge in [-0.1, -0.05) is 218 Å². The summed E-state index contributed by atoms with van der Waals surface area (Å²) >= 11 is 0. The van der Waals surface area contributed by atoms with E-state index in [2.05, 4.69) is 226 Å². The zero-order valence-corrected chi connectivity index (χ0v) is 61.1. The smallest absolute Gasteiger partial charge is 0.422 e. The Balaban J connectivity index is 1.70. The van der Waals surface area contributed by atoms with Gasteiger partial charge in [-0.3, -0.25) is 0 Å². The lowest BCUT2D eigenvalue weighted by atomic mass is 10.3. The van der Waals surface area contributed by atoms with Crippen molar-refractivity contribution < 1.29 is 53.8 Å². The monoisotopic (exact) mass is 1260 g/mol. The largest absolute Gasteiger partial charge is 0.486 e. The molecule has 4 bridgehead atoms. The molecule has 0 amide bonds. The van der Waals surface area contributed by atoms with E-state index in [4.69, 9.17) is 53.8 Å². The Labute approximate surface area is 487 Å². The summed E-state index contributed by atoms with van der Waals surface area (Å²) in [6.07, 6.45) is 0. The van der Waals surface area contributed by atoms with Crippen molar-refractivity contribution in [2.45, 2.75) is 159 Å². The fraction of sp³-hybridized carbons (Fsp3) is 0.571. The molecule has 3 aliphatic heterocycles. The lowest BCUT2D eigenvalue weighted by molar-refractivity contribution is 0.00175. The average Bonchev–Trinajstić information content (AvgIpc) is 3.37. The first-order valence-electron chi connectivity index (χ1n) is 29.3. The maximum atomic E-state index is 8.74. The van der Waals surface area contributed by atoms with Crippen molar-refractivity contribution in [3.05, 3.63) is 121 Å². The predicted octanol–water partition coefficient (Wildman–Crippen LogP) is 11.7. The molecule has 23 heteroatoms. The molecule has 438 valence electrons. The highest BCUT2D eigenvalue weighted by Gasteiger charge is 2.79. The molecule has 0 N–H and O–H groups in total. The summed E-state index contributed by atoms with van der Waals surface area (Å²) in [6, 6.07) is 45.1. The van der Waals surface area contributed by atoms with Crippen LogP contribution in [0.4, 0.5) is 0 Å². The van der Waals surface area contributed by atoms with Gasteiger partial charge in [-0.25, -0.2) is 0 Å². The highest BCUT2D eigenvalue weighted by Crippen LogP contribution is 2.52. The van der Waals surface area contributed by atoms with Crippen molar-refractivity contribution in [1.82, 2.24) is 0 Å². The SMILES string of the molecule is CO[Si@]1(CC(C)C)O[Si]2(CC(C)C)O[Si](CC(C)C)(O[SiH](C)C)O[Si]3(CC(C)C)O[Si](CC(C)C)(O2)O[Si@](CC(C)C)(O[Si](CC(C)C)(O[Si](O[Si](C)(c2ccccc2)c2ccccc2)(c2ccccc2)c2ccccc2)O3)O1. The van der Waals surface area contributed by atoms with Crippen LogP contribution in [0.1, 0.15) is 96.9 Å². The van der Waals surface area contributed by atoms with Gasteiger partial charge in [0, 0.05) is 49.4 Å². The number of fused-ring (bicyclic) bond motifs is 3. The summed E-state index contributed by atoms with van der Waals surface area (Å²) < 4.78 is 106. The summed E-state index contributed by atoms with van der Waals surface area (Å²) in [4.78, 5) is 0. The lowest BCUT2D eigenvalue weighted by Gasteiger charge is -2.59. The predicted molar refractivity (Wildman–Crippen MR) is 338 cm³/mol. The average molecular weight is 1260 g/mol. The molecule has 3 aliphatic rings. The zero-order chi connectivity index (χ0) is 57.7. The minimum absolute atomic E-state index is 0.00671. The molecule has 0 spiro atoms. The molecular formula is C56H96O13Si10. The molecule has 5 unspecified atom stereocenters. The molecule has 0 saturated carbocycles. The van der Waals surface area contributed by atoms with Crippen LogP contribution >= 0.6 is 0 Å². The number of hydrogen-bond donors (Lipinski definition) is 0. The number of benzene rings is 4. The highest BCUT2D eigenvalue weighted by atomic mass is 28.6. The Bertz CT molecular complexity index is 2440. The summed E-state index contributed by atoms with van der Waals surface area (Å²) in [7, 11) is -37.6. The van der Waals surface area contributed by atoms with Crippen molar-refractivity contribution in [2.75, 3.05) is 7.11 Å². The van der Waals surface area contributed by atoms with Crippen LogP contribution in [-0.4, -0.2) is 94.7 Å². The molecule has 0 aliphatic carbocycles. The first kappa shape index (κ1) is 65.1. The molecule has 3 saturated heterocycles. The second-order valence-corrected chi connectivity index (χ2v) is 56.0. The Hall–Kier alpha value is -1.47. The fourth-order valence-electron chi connectivity index (χ4n) is 11.4. The fourth-order valence-corrected chi connectivity index (χ4v) is 67.4. The van der Waals surface area contributed by atoms with Crippen LogP contribution in [0.2, 0.25) is 61.9 Å². The lowest BCUT2D eigenvalue weighted by Crippen LogP contribution is -2.84. The van der Waals surface area contributed by atoms with Crippen LogP contribution in [0.3, 0.4) is 0 Å². The van der Waals surface area contributed by atoms with Gasteiger partial charge in [0.2, 0.25) is 8.32 Å². The van der Waals surface area contributed by atoms with Gasteiger partial charge in [-0.2, -0.15) is 0 Å². The van der Waals surface area contributed by atoms with E-state index in [1.165, 1.54) is 0 Å². The first-order chi connectivity index (χ1) is 37.1. The van der Waals surface area contributed by atoms with E-state index in [1.807, 2.05) is 12.1 Å². The van der Waals surface area contributed by atoms with E-state index < -0.39 is 87.5 Å². The van der Waals surface area contributed by atoms with Crippen molar-refractivity contribution in [1.29, 1.82) is 0 Å². The van der Waals surface area contributed by atoms with Gasteiger partial charge in [0.05, 0.1) is 0 Å². The third-order valence-electron chi connectivity index (χ3n) is 13.7. The maximum absolute atomic E-state index is 8.74. The van der Waals surface area contributed by atoms with Crippen molar-refractivity contribution in [3.8, 4) is 0 Å². The van der Waals surface area contributed by atoms with E-state index in [9.17, 15) is 0 Å². The van der Waals surface area contributed by atoms with Gasteiger partial charge in [0.15, 0.2) is 9.04 Å². The molecule has 4 aromatic rings. The molecule has 79 heavy (non-hydrogen) atoms. The summed E-state index contributed by atoms with van der Waals surface area (Å²) in [5, 5.41) is 3.99. The molecule has 7 rings (SSSR count).